The molecule has 0 heterocycles. The second-order valence-electron chi connectivity index (χ2n) is 1.89. The van der Waals surface area contributed by atoms with Gasteiger partial charge in [-0.3, -0.25) is 4.57 Å². The second-order valence-corrected chi connectivity index (χ2v) is 3.33. The van der Waals surface area contributed by atoms with Crippen molar-refractivity contribution in [2.24, 2.45) is 0 Å². The van der Waals surface area contributed by atoms with E-state index in [1.54, 1.807) is 0 Å². The minimum absolute atomic E-state index is 0.0965. The van der Waals surface area contributed by atoms with Crippen LogP contribution >= 0.6 is 7.60 Å². The molecule has 0 atom stereocenters. The minimum atomic E-state index is -4.25. The predicted molar refractivity (Wildman–Crippen MR) is 37.8 cm³/mol. The van der Waals surface area contributed by atoms with Crippen LogP contribution in [-0.4, -0.2) is 22.9 Å². The molecular formula is C5H9O5P. The number of carbonyl (C=O) groups is 1. The van der Waals surface area contributed by atoms with E-state index in [-0.39, 0.29) is 5.57 Å². The first kappa shape index (κ1) is 10.4. The van der Waals surface area contributed by atoms with Crippen LogP contribution in [0.4, 0.5) is 0 Å². The van der Waals surface area contributed by atoms with Crippen LogP contribution in [0.25, 0.3) is 0 Å². The van der Waals surface area contributed by atoms with E-state index >= 15 is 0 Å². The van der Waals surface area contributed by atoms with Crippen molar-refractivity contribution in [3.63, 3.8) is 0 Å². The Hall–Kier alpha value is -0.640. The SMILES string of the molecule is COC(=O)/C(C)=C\P(=O)(O)O. The largest absolute Gasteiger partial charge is 0.466 e. The number of esters is 1. The predicted octanol–water partition coefficient (Wildman–Crippen LogP) is 0.241. The van der Waals surface area contributed by atoms with Crippen molar-refractivity contribution in [2.75, 3.05) is 7.11 Å². The minimum Gasteiger partial charge on any atom is -0.466 e. The van der Waals surface area contributed by atoms with Crippen LogP contribution in [0.3, 0.4) is 0 Å². The molecule has 0 aromatic carbocycles. The Bertz CT molecular complexity index is 225. The topological polar surface area (TPSA) is 83.8 Å². The van der Waals surface area contributed by atoms with Gasteiger partial charge in [-0.15, -0.1) is 0 Å². The summed E-state index contributed by atoms with van der Waals surface area (Å²) in [5.74, 6) is -0.174. The molecule has 0 saturated carbocycles. The molecule has 0 aliphatic carbocycles. The van der Waals surface area contributed by atoms with Crippen LogP contribution in [0.2, 0.25) is 0 Å². The molecule has 0 saturated heterocycles. The van der Waals surface area contributed by atoms with Gasteiger partial charge in [0.15, 0.2) is 0 Å². The Morgan fingerprint density at radius 3 is 2.27 bits per heavy atom. The maximum absolute atomic E-state index is 10.6. The van der Waals surface area contributed by atoms with Gasteiger partial charge < -0.3 is 14.5 Å². The summed E-state index contributed by atoms with van der Waals surface area (Å²) in [6, 6.07) is 0. The molecule has 0 aromatic heterocycles. The fourth-order valence-corrected chi connectivity index (χ4v) is 1.08. The van der Waals surface area contributed by atoms with Crippen LogP contribution in [0, 0.1) is 0 Å². The van der Waals surface area contributed by atoms with Crippen LogP contribution in [0.15, 0.2) is 11.4 Å². The smallest absolute Gasteiger partial charge is 0.349 e. The van der Waals surface area contributed by atoms with E-state index in [0.29, 0.717) is 5.82 Å². The van der Waals surface area contributed by atoms with Crippen molar-refractivity contribution in [3.8, 4) is 0 Å². The quantitative estimate of drug-likeness (QED) is 0.361. The Kier molecular flexibility index (Phi) is 3.45. The Morgan fingerprint density at radius 2 is 2.00 bits per heavy atom. The zero-order valence-electron chi connectivity index (χ0n) is 6.14. The van der Waals surface area contributed by atoms with Gasteiger partial charge in [0.2, 0.25) is 0 Å². The van der Waals surface area contributed by atoms with E-state index in [9.17, 15) is 9.36 Å². The van der Waals surface area contributed by atoms with E-state index < -0.39 is 13.6 Å². The van der Waals surface area contributed by atoms with Crippen molar-refractivity contribution in [3.05, 3.63) is 11.4 Å². The summed E-state index contributed by atoms with van der Waals surface area (Å²) in [5, 5.41) is 0. The first-order valence-electron chi connectivity index (χ1n) is 2.70. The van der Waals surface area contributed by atoms with E-state index in [0.717, 1.165) is 7.11 Å². The lowest BCUT2D eigenvalue weighted by Crippen LogP contribution is -2.01. The zero-order valence-corrected chi connectivity index (χ0v) is 7.04. The molecule has 11 heavy (non-hydrogen) atoms. The number of ether oxygens (including phenoxy) is 1. The molecule has 0 amide bonds. The maximum Gasteiger partial charge on any atom is 0.349 e. The van der Waals surface area contributed by atoms with Crippen LogP contribution in [0.5, 0.6) is 0 Å². The molecular weight excluding hydrogens is 171 g/mol. The molecule has 0 unspecified atom stereocenters. The van der Waals surface area contributed by atoms with E-state index in [1.807, 2.05) is 0 Å². The third kappa shape index (κ3) is 4.72. The van der Waals surface area contributed by atoms with Gasteiger partial charge in [-0.2, -0.15) is 0 Å². The monoisotopic (exact) mass is 180 g/mol. The van der Waals surface area contributed by atoms with Gasteiger partial charge in [0, 0.05) is 11.4 Å². The summed E-state index contributed by atoms with van der Waals surface area (Å²) in [6.45, 7) is 1.27. The molecule has 0 fully saturated rings. The normalized spacial score (nSPS) is 12.9. The Balaban J connectivity index is 4.48. The molecule has 0 bridgehead atoms. The third-order valence-corrected chi connectivity index (χ3v) is 1.59. The van der Waals surface area contributed by atoms with Gasteiger partial charge in [0.25, 0.3) is 0 Å². The van der Waals surface area contributed by atoms with Crippen molar-refractivity contribution in [2.45, 2.75) is 6.92 Å². The van der Waals surface area contributed by atoms with Crippen molar-refractivity contribution in [1.29, 1.82) is 0 Å². The van der Waals surface area contributed by atoms with Gasteiger partial charge in [0.1, 0.15) is 0 Å². The highest BCUT2D eigenvalue weighted by Gasteiger charge is 2.12. The number of hydrogen-bond donors (Lipinski definition) is 2. The van der Waals surface area contributed by atoms with Crippen LogP contribution in [-0.2, 0) is 14.1 Å². The average molecular weight is 180 g/mol. The summed E-state index contributed by atoms with van der Waals surface area (Å²) in [6.07, 6.45) is 0. The molecule has 0 spiro atoms. The van der Waals surface area contributed by atoms with Gasteiger partial charge in [-0.1, -0.05) is 0 Å². The molecule has 0 rings (SSSR count). The van der Waals surface area contributed by atoms with Gasteiger partial charge in [-0.05, 0) is 6.92 Å². The van der Waals surface area contributed by atoms with Gasteiger partial charge in [-0.25, -0.2) is 4.79 Å². The van der Waals surface area contributed by atoms with Gasteiger partial charge >= 0.3 is 13.6 Å². The highest BCUT2D eigenvalue weighted by Crippen LogP contribution is 2.37. The number of rotatable bonds is 2. The van der Waals surface area contributed by atoms with Crippen molar-refractivity contribution < 1.29 is 23.9 Å². The molecule has 6 heteroatoms. The van der Waals surface area contributed by atoms with Gasteiger partial charge in [0.05, 0.1) is 7.11 Å². The zero-order chi connectivity index (χ0) is 9.07. The summed E-state index contributed by atoms with van der Waals surface area (Å²) in [5.41, 5.74) is -0.0965. The summed E-state index contributed by atoms with van der Waals surface area (Å²) < 4.78 is 14.5. The van der Waals surface area contributed by atoms with Crippen molar-refractivity contribution in [1.82, 2.24) is 0 Å². The molecule has 64 valence electrons. The summed E-state index contributed by atoms with van der Waals surface area (Å²) >= 11 is 0. The van der Waals surface area contributed by atoms with E-state index in [4.69, 9.17) is 9.79 Å². The van der Waals surface area contributed by atoms with E-state index in [1.165, 1.54) is 6.92 Å². The lowest BCUT2D eigenvalue weighted by Gasteiger charge is -1.99. The van der Waals surface area contributed by atoms with Crippen LogP contribution < -0.4 is 0 Å². The second kappa shape index (κ2) is 3.67. The molecule has 0 aromatic rings. The average Bonchev–Trinajstić information content (AvgIpc) is 1.82. The summed E-state index contributed by atoms with van der Waals surface area (Å²) in [7, 11) is -3.11. The van der Waals surface area contributed by atoms with Crippen molar-refractivity contribution >= 4 is 13.6 Å². The summed E-state index contributed by atoms with van der Waals surface area (Å²) in [4.78, 5) is 27.3. The molecule has 0 aliphatic heterocycles. The maximum atomic E-state index is 10.6. The first-order valence-corrected chi connectivity index (χ1v) is 4.38. The third-order valence-electron chi connectivity index (χ3n) is 0.869. The molecule has 5 nitrogen and oxygen atoms in total. The Labute approximate surface area is 63.8 Å². The molecule has 0 radical (unpaired) electrons. The molecule has 0 aliphatic rings. The Morgan fingerprint density at radius 1 is 1.55 bits per heavy atom. The molecule has 2 N–H and O–H groups in total. The lowest BCUT2D eigenvalue weighted by molar-refractivity contribution is -0.136. The first-order chi connectivity index (χ1) is 4.87. The number of carbonyl (C=O) groups excluding carboxylic acids is 1. The highest BCUT2D eigenvalue weighted by atomic mass is 31.2. The fraction of sp³-hybridized carbons (Fsp3) is 0.400. The lowest BCUT2D eigenvalue weighted by atomic mass is 10.4. The van der Waals surface area contributed by atoms with E-state index in [2.05, 4.69) is 4.74 Å². The number of methoxy groups -OCH3 is 1. The van der Waals surface area contributed by atoms with Crippen LogP contribution in [0.1, 0.15) is 6.92 Å². The standard InChI is InChI=1S/C5H9O5P/c1-4(5(6)10-2)3-11(7,8)9/h3H,1-2H3,(H2,7,8,9)/b4-3-. The number of hydrogen-bond acceptors (Lipinski definition) is 3. The highest BCUT2D eigenvalue weighted by molar-refractivity contribution is 7.55. The fourth-order valence-electron chi connectivity index (χ4n) is 0.466.